The first-order valence-corrected chi connectivity index (χ1v) is 5.81. The quantitative estimate of drug-likeness (QED) is 0.803. The van der Waals surface area contributed by atoms with Crippen LogP contribution >= 0.6 is 11.6 Å². The zero-order valence-electron chi connectivity index (χ0n) is 9.18. The maximum absolute atomic E-state index is 5.89. The summed E-state index contributed by atoms with van der Waals surface area (Å²) in [6.07, 6.45) is 4.89. The van der Waals surface area contributed by atoms with Crippen molar-refractivity contribution < 1.29 is 0 Å². The molecule has 0 bridgehead atoms. The lowest BCUT2D eigenvalue weighted by Gasteiger charge is -2.42. The normalized spacial score (nSPS) is 18.3. The van der Waals surface area contributed by atoms with Crippen molar-refractivity contribution in [2.75, 3.05) is 5.32 Å². The van der Waals surface area contributed by atoms with Crippen molar-refractivity contribution in [2.45, 2.75) is 45.1 Å². The molecule has 1 N–H and O–H groups in total. The molecular formula is C11H16ClN3. The number of nitrogens with zero attached hydrogens (tertiary/aromatic N) is 2. The molecule has 3 nitrogen and oxygen atoms in total. The Labute approximate surface area is 95.3 Å². The van der Waals surface area contributed by atoms with E-state index in [0.717, 1.165) is 18.1 Å². The van der Waals surface area contributed by atoms with E-state index in [1.807, 2.05) is 6.92 Å². The van der Waals surface area contributed by atoms with E-state index in [2.05, 4.69) is 22.2 Å². The molecule has 0 aliphatic heterocycles. The number of aromatic nitrogens is 2. The SMILES string of the molecule is CCC1(Nc2cc(Cl)nc(C)n2)CCC1. The van der Waals surface area contributed by atoms with Gasteiger partial charge in [-0.25, -0.2) is 9.97 Å². The predicted octanol–water partition coefficient (Wildman–Crippen LogP) is 3.18. The zero-order chi connectivity index (χ0) is 10.9. The Morgan fingerprint density at radius 3 is 2.67 bits per heavy atom. The van der Waals surface area contributed by atoms with Crippen LogP contribution in [0.5, 0.6) is 0 Å². The molecule has 0 amide bonds. The summed E-state index contributed by atoms with van der Waals surface area (Å²) in [5.41, 5.74) is 0.254. The Balaban J connectivity index is 2.16. The van der Waals surface area contributed by atoms with Crippen LogP contribution in [0.25, 0.3) is 0 Å². The topological polar surface area (TPSA) is 37.8 Å². The van der Waals surface area contributed by atoms with Crippen LogP contribution < -0.4 is 5.32 Å². The highest BCUT2D eigenvalue weighted by Crippen LogP contribution is 2.37. The minimum atomic E-state index is 0.254. The Morgan fingerprint density at radius 1 is 1.47 bits per heavy atom. The summed E-state index contributed by atoms with van der Waals surface area (Å²) >= 11 is 5.89. The second-order valence-corrected chi connectivity index (χ2v) is 4.62. The van der Waals surface area contributed by atoms with Gasteiger partial charge >= 0.3 is 0 Å². The fourth-order valence-corrected chi connectivity index (χ4v) is 2.26. The number of hydrogen-bond donors (Lipinski definition) is 1. The molecule has 0 aromatic carbocycles. The lowest BCUT2D eigenvalue weighted by Crippen LogP contribution is -2.44. The summed E-state index contributed by atoms with van der Waals surface area (Å²) in [5.74, 6) is 1.57. The van der Waals surface area contributed by atoms with Crippen LogP contribution in [0.1, 0.15) is 38.4 Å². The Bertz CT molecular complexity index is 335. The molecule has 1 heterocycles. The maximum atomic E-state index is 5.89. The fourth-order valence-electron chi connectivity index (χ4n) is 2.04. The first-order chi connectivity index (χ1) is 7.13. The molecule has 1 saturated carbocycles. The van der Waals surface area contributed by atoms with Crippen LogP contribution in [0.15, 0.2) is 6.07 Å². The zero-order valence-corrected chi connectivity index (χ0v) is 9.93. The fraction of sp³-hybridized carbons (Fsp3) is 0.636. The molecule has 0 radical (unpaired) electrons. The monoisotopic (exact) mass is 225 g/mol. The first kappa shape index (κ1) is 10.7. The standard InChI is InChI=1S/C11H16ClN3/c1-3-11(5-4-6-11)15-10-7-9(12)13-8(2)14-10/h7H,3-6H2,1-2H3,(H,13,14,15). The molecule has 1 fully saturated rings. The van der Waals surface area contributed by atoms with E-state index < -0.39 is 0 Å². The van der Waals surface area contributed by atoms with E-state index in [1.54, 1.807) is 6.07 Å². The number of anilines is 1. The van der Waals surface area contributed by atoms with Gasteiger partial charge in [0.15, 0.2) is 0 Å². The number of aryl methyl sites for hydroxylation is 1. The van der Waals surface area contributed by atoms with Crippen LogP contribution in [0.2, 0.25) is 5.15 Å². The molecule has 2 rings (SSSR count). The lowest BCUT2D eigenvalue weighted by atomic mass is 9.75. The minimum absolute atomic E-state index is 0.254. The molecule has 0 saturated heterocycles. The Morgan fingerprint density at radius 2 is 2.20 bits per heavy atom. The number of nitrogens with one attached hydrogen (secondary N) is 1. The average Bonchev–Trinajstić information content (AvgIpc) is 2.10. The van der Waals surface area contributed by atoms with E-state index >= 15 is 0 Å². The van der Waals surface area contributed by atoms with Crippen LogP contribution in [0.3, 0.4) is 0 Å². The van der Waals surface area contributed by atoms with Crippen molar-refractivity contribution in [3.63, 3.8) is 0 Å². The minimum Gasteiger partial charge on any atom is -0.364 e. The van der Waals surface area contributed by atoms with Gasteiger partial charge in [-0.05, 0) is 32.6 Å². The molecular weight excluding hydrogens is 210 g/mol. The number of halogens is 1. The molecule has 82 valence electrons. The summed E-state index contributed by atoms with van der Waals surface area (Å²) in [6.45, 7) is 4.07. The Hall–Kier alpha value is -0.830. The van der Waals surface area contributed by atoms with Gasteiger partial charge in [0, 0.05) is 11.6 Å². The number of hydrogen-bond acceptors (Lipinski definition) is 3. The van der Waals surface area contributed by atoms with Gasteiger partial charge in [0.1, 0.15) is 16.8 Å². The van der Waals surface area contributed by atoms with Gasteiger partial charge in [0.05, 0.1) is 0 Å². The third-order valence-corrected chi connectivity index (χ3v) is 3.38. The highest BCUT2D eigenvalue weighted by Gasteiger charge is 2.35. The van der Waals surface area contributed by atoms with E-state index in [-0.39, 0.29) is 5.54 Å². The Kier molecular flexibility index (Phi) is 2.83. The molecule has 1 aliphatic rings. The van der Waals surface area contributed by atoms with Gasteiger partial charge < -0.3 is 5.32 Å². The van der Waals surface area contributed by atoms with Gasteiger partial charge in [-0.1, -0.05) is 18.5 Å². The summed E-state index contributed by atoms with van der Waals surface area (Å²) in [4.78, 5) is 8.39. The van der Waals surface area contributed by atoms with E-state index in [0.29, 0.717) is 5.15 Å². The third kappa shape index (κ3) is 2.23. The van der Waals surface area contributed by atoms with E-state index in [9.17, 15) is 0 Å². The van der Waals surface area contributed by atoms with Crippen LogP contribution in [0, 0.1) is 6.92 Å². The number of rotatable bonds is 3. The largest absolute Gasteiger partial charge is 0.364 e. The summed E-state index contributed by atoms with van der Waals surface area (Å²) in [5, 5.41) is 4.00. The third-order valence-electron chi connectivity index (χ3n) is 3.19. The van der Waals surface area contributed by atoms with Crippen molar-refractivity contribution in [3.8, 4) is 0 Å². The van der Waals surface area contributed by atoms with Crippen molar-refractivity contribution in [3.05, 3.63) is 17.0 Å². The van der Waals surface area contributed by atoms with E-state index in [4.69, 9.17) is 11.6 Å². The second-order valence-electron chi connectivity index (χ2n) is 4.24. The van der Waals surface area contributed by atoms with Crippen LogP contribution in [-0.4, -0.2) is 15.5 Å². The van der Waals surface area contributed by atoms with Gasteiger partial charge in [0.25, 0.3) is 0 Å². The van der Waals surface area contributed by atoms with Gasteiger partial charge in [-0.15, -0.1) is 0 Å². The molecule has 0 atom stereocenters. The highest BCUT2D eigenvalue weighted by atomic mass is 35.5. The van der Waals surface area contributed by atoms with Gasteiger partial charge in [-0.2, -0.15) is 0 Å². The second kappa shape index (κ2) is 3.97. The van der Waals surface area contributed by atoms with Crippen molar-refractivity contribution in [2.24, 2.45) is 0 Å². The summed E-state index contributed by atoms with van der Waals surface area (Å²) in [7, 11) is 0. The van der Waals surface area contributed by atoms with Gasteiger partial charge in [0.2, 0.25) is 0 Å². The molecule has 1 aromatic heterocycles. The molecule has 1 aliphatic carbocycles. The predicted molar refractivity (Wildman–Crippen MR) is 62.3 cm³/mol. The average molecular weight is 226 g/mol. The highest BCUT2D eigenvalue weighted by molar-refractivity contribution is 6.29. The van der Waals surface area contributed by atoms with Crippen LogP contribution in [-0.2, 0) is 0 Å². The maximum Gasteiger partial charge on any atom is 0.134 e. The summed E-state index contributed by atoms with van der Waals surface area (Å²) in [6, 6.07) is 1.80. The summed E-state index contributed by atoms with van der Waals surface area (Å²) < 4.78 is 0. The first-order valence-electron chi connectivity index (χ1n) is 5.43. The van der Waals surface area contributed by atoms with Crippen LogP contribution in [0.4, 0.5) is 5.82 Å². The lowest BCUT2D eigenvalue weighted by molar-refractivity contribution is 0.268. The van der Waals surface area contributed by atoms with Crippen molar-refractivity contribution in [1.82, 2.24) is 9.97 Å². The van der Waals surface area contributed by atoms with Gasteiger partial charge in [-0.3, -0.25) is 0 Å². The van der Waals surface area contributed by atoms with Crippen molar-refractivity contribution in [1.29, 1.82) is 0 Å². The molecule has 4 heteroatoms. The smallest absolute Gasteiger partial charge is 0.134 e. The molecule has 15 heavy (non-hydrogen) atoms. The molecule has 0 unspecified atom stereocenters. The molecule has 1 aromatic rings. The van der Waals surface area contributed by atoms with Crippen molar-refractivity contribution >= 4 is 17.4 Å². The van der Waals surface area contributed by atoms with E-state index in [1.165, 1.54) is 19.3 Å². The molecule has 0 spiro atoms.